The summed E-state index contributed by atoms with van der Waals surface area (Å²) in [5.41, 5.74) is 0.155. The molecule has 0 spiro atoms. The monoisotopic (exact) mass is 359 g/mol. The van der Waals surface area contributed by atoms with Crippen molar-refractivity contribution < 1.29 is 19.1 Å². The molecule has 2 saturated carbocycles. The molecule has 0 radical (unpaired) electrons. The zero-order valence-corrected chi connectivity index (χ0v) is 16.4. The lowest BCUT2D eigenvalue weighted by molar-refractivity contribution is -0.141. The number of hydrogen-bond donors (Lipinski definition) is 0. The van der Waals surface area contributed by atoms with Crippen molar-refractivity contribution in [1.29, 1.82) is 0 Å². The molecule has 0 aliphatic heterocycles. The van der Waals surface area contributed by atoms with Gasteiger partial charge in [-0.3, -0.25) is 9.59 Å². The lowest BCUT2D eigenvalue weighted by atomic mass is 9.70. The van der Waals surface area contributed by atoms with Crippen LogP contribution < -0.4 is 0 Å². The van der Waals surface area contributed by atoms with Gasteiger partial charge in [0.25, 0.3) is 0 Å². The minimum absolute atomic E-state index is 0.00926. The Morgan fingerprint density at radius 2 is 1.77 bits per heavy atom. The van der Waals surface area contributed by atoms with Gasteiger partial charge in [0.2, 0.25) is 11.6 Å². The second-order valence-corrected chi connectivity index (χ2v) is 8.14. The van der Waals surface area contributed by atoms with Crippen molar-refractivity contribution in [3.63, 3.8) is 0 Å². The highest BCUT2D eigenvalue weighted by atomic mass is 16.5. The number of fused-ring (bicyclic) bond motifs is 2. The Kier molecular flexibility index (Phi) is 6.02. The third kappa shape index (κ3) is 3.73. The second-order valence-electron chi connectivity index (χ2n) is 8.14. The summed E-state index contributed by atoms with van der Waals surface area (Å²) < 4.78 is 5.06. The molecule has 2 bridgehead atoms. The summed E-state index contributed by atoms with van der Waals surface area (Å²) in [7, 11) is 3.88. The van der Waals surface area contributed by atoms with Gasteiger partial charge in [0.1, 0.15) is 6.61 Å². The predicted molar refractivity (Wildman–Crippen MR) is 99.9 cm³/mol. The molecule has 1 aromatic rings. The normalized spacial score (nSPS) is 25.8. The molecule has 5 nitrogen and oxygen atoms in total. The highest BCUT2D eigenvalue weighted by Crippen LogP contribution is 2.61. The molecule has 3 rings (SSSR count). The number of ketones is 2. The van der Waals surface area contributed by atoms with E-state index >= 15 is 0 Å². The number of esters is 1. The maximum absolute atomic E-state index is 11.6. The fourth-order valence-electron chi connectivity index (χ4n) is 3.77. The van der Waals surface area contributed by atoms with Gasteiger partial charge in [-0.1, -0.05) is 39.0 Å². The number of benzene rings is 1. The standard InChI is InChI=1S/C11H15NO2.C10H14O2/c1-12(2)8-9-14-11(13)10-6-4-3-5-7-10;1-9(2)6-4-5-10(9,3)8(12)7(6)11/h3-7H,8-9H2,1-2H3;6H,4-5H2,1-3H3. The minimum atomic E-state index is -0.352. The highest BCUT2D eigenvalue weighted by Gasteiger charge is 2.66. The molecule has 2 aliphatic rings. The van der Waals surface area contributed by atoms with Crippen LogP contribution in [-0.2, 0) is 14.3 Å². The molecule has 26 heavy (non-hydrogen) atoms. The van der Waals surface area contributed by atoms with E-state index in [0.717, 1.165) is 19.4 Å². The van der Waals surface area contributed by atoms with Crippen LogP contribution >= 0.6 is 0 Å². The van der Waals surface area contributed by atoms with Gasteiger partial charge in [-0.25, -0.2) is 4.79 Å². The van der Waals surface area contributed by atoms with Crippen molar-refractivity contribution in [2.75, 3.05) is 27.2 Å². The first-order valence-electron chi connectivity index (χ1n) is 9.07. The summed E-state index contributed by atoms with van der Waals surface area (Å²) in [6.45, 7) is 7.22. The van der Waals surface area contributed by atoms with E-state index in [2.05, 4.69) is 0 Å². The van der Waals surface area contributed by atoms with Gasteiger partial charge < -0.3 is 9.64 Å². The molecule has 0 aromatic heterocycles. The summed E-state index contributed by atoms with van der Waals surface area (Å²) in [5, 5.41) is 0. The van der Waals surface area contributed by atoms with E-state index in [1.54, 1.807) is 12.1 Å². The lowest BCUT2D eigenvalue weighted by Gasteiger charge is -2.31. The molecule has 2 fully saturated rings. The average Bonchev–Trinajstić information content (AvgIpc) is 2.90. The van der Waals surface area contributed by atoms with E-state index in [1.807, 2.05) is 58.0 Å². The fourth-order valence-corrected chi connectivity index (χ4v) is 3.77. The number of Topliss-reactive ketones (excluding diaryl/α,β-unsaturated/α-hetero) is 2. The molecule has 142 valence electrons. The zero-order valence-electron chi connectivity index (χ0n) is 16.4. The highest BCUT2D eigenvalue weighted by molar-refractivity contribution is 6.43. The van der Waals surface area contributed by atoms with Crippen LogP contribution in [0.3, 0.4) is 0 Å². The van der Waals surface area contributed by atoms with Crippen molar-refractivity contribution >= 4 is 17.5 Å². The van der Waals surface area contributed by atoms with Crippen LogP contribution in [0.4, 0.5) is 0 Å². The van der Waals surface area contributed by atoms with Crippen LogP contribution in [0.1, 0.15) is 44.0 Å². The van der Waals surface area contributed by atoms with Gasteiger partial charge in [-0.15, -0.1) is 0 Å². The smallest absolute Gasteiger partial charge is 0.338 e. The van der Waals surface area contributed by atoms with Crippen LogP contribution in [0.2, 0.25) is 0 Å². The number of carbonyl (C=O) groups excluding carboxylic acids is 3. The molecule has 1 aromatic carbocycles. The SMILES string of the molecule is CC12CCC(C(=O)C1=O)C2(C)C.CN(C)CCOC(=O)c1ccccc1. The van der Waals surface area contributed by atoms with E-state index in [-0.39, 0.29) is 34.3 Å². The number of rotatable bonds is 4. The van der Waals surface area contributed by atoms with Crippen LogP contribution in [0.15, 0.2) is 30.3 Å². The van der Waals surface area contributed by atoms with Crippen LogP contribution in [0, 0.1) is 16.7 Å². The summed E-state index contributed by atoms with van der Waals surface area (Å²) in [4.78, 5) is 36.3. The van der Waals surface area contributed by atoms with Crippen LogP contribution in [0.5, 0.6) is 0 Å². The molecule has 2 atom stereocenters. The Hall–Kier alpha value is -2.01. The molecule has 0 saturated heterocycles. The average molecular weight is 359 g/mol. The van der Waals surface area contributed by atoms with Crippen molar-refractivity contribution in [3.05, 3.63) is 35.9 Å². The van der Waals surface area contributed by atoms with Gasteiger partial charge in [-0.2, -0.15) is 0 Å². The van der Waals surface area contributed by atoms with Gasteiger partial charge in [0.05, 0.1) is 5.56 Å². The third-order valence-electron chi connectivity index (χ3n) is 6.05. The molecule has 2 unspecified atom stereocenters. The van der Waals surface area contributed by atoms with E-state index in [1.165, 1.54) is 0 Å². The van der Waals surface area contributed by atoms with E-state index in [0.29, 0.717) is 12.2 Å². The first kappa shape index (κ1) is 20.3. The molecule has 0 N–H and O–H groups in total. The van der Waals surface area contributed by atoms with Crippen LogP contribution in [0.25, 0.3) is 0 Å². The van der Waals surface area contributed by atoms with Gasteiger partial charge in [0, 0.05) is 17.9 Å². The third-order valence-corrected chi connectivity index (χ3v) is 6.05. The van der Waals surface area contributed by atoms with Crippen molar-refractivity contribution in [2.45, 2.75) is 33.6 Å². The van der Waals surface area contributed by atoms with Gasteiger partial charge >= 0.3 is 5.97 Å². The first-order chi connectivity index (χ1) is 12.1. The first-order valence-corrected chi connectivity index (χ1v) is 9.07. The van der Waals surface area contributed by atoms with E-state index < -0.39 is 0 Å². The van der Waals surface area contributed by atoms with Gasteiger partial charge in [0.15, 0.2) is 0 Å². The Labute approximate surface area is 155 Å². The molecule has 0 amide bonds. The van der Waals surface area contributed by atoms with Crippen molar-refractivity contribution in [3.8, 4) is 0 Å². The minimum Gasteiger partial charge on any atom is -0.461 e. The summed E-state index contributed by atoms with van der Waals surface area (Å²) in [6, 6.07) is 9.01. The predicted octanol–water partition coefficient (Wildman–Crippen LogP) is 2.99. The quantitative estimate of drug-likeness (QED) is 0.611. The van der Waals surface area contributed by atoms with Crippen LogP contribution in [-0.4, -0.2) is 49.7 Å². The number of likely N-dealkylation sites (N-methyl/N-ethyl adjacent to an activating group) is 1. The van der Waals surface area contributed by atoms with Gasteiger partial charge in [-0.05, 0) is 44.5 Å². The molecular weight excluding hydrogens is 330 g/mol. The lowest BCUT2D eigenvalue weighted by Crippen LogP contribution is -2.33. The molecule has 0 heterocycles. The topological polar surface area (TPSA) is 63.7 Å². The molecule has 5 heteroatoms. The Morgan fingerprint density at radius 3 is 2.19 bits per heavy atom. The maximum atomic E-state index is 11.6. The summed E-state index contributed by atoms with van der Waals surface area (Å²) in [5.74, 6) is -0.486. The molecular formula is C21H29NO4. The summed E-state index contributed by atoms with van der Waals surface area (Å²) in [6.07, 6.45) is 1.81. The van der Waals surface area contributed by atoms with E-state index in [9.17, 15) is 14.4 Å². The molecule has 2 aliphatic carbocycles. The number of hydrogen-bond acceptors (Lipinski definition) is 5. The van der Waals surface area contributed by atoms with Crippen molar-refractivity contribution in [2.24, 2.45) is 16.7 Å². The Bertz CT molecular complexity index is 681. The number of carbonyl (C=O) groups is 3. The fraction of sp³-hybridized carbons (Fsp3) is 0.571. The largest absolute Gasteiger partial charge is 0.461 e. The number of nitrogens with zero attached hydrogens (tertiary/aromatic N) is 1. The summed E-state index contributed by atoms with van der Waals surface area (Å²) >= 11 is 0. The second kappa shape index (κ2) is 7.70. The number of ether oxygens (including phenoxy) is 1. The maximum Gasteiger partial charge on any atom is 0.338 e. The van der Waals surface area contributed by atoms with Crippen molar-refractivity contribution in [1.82, 2.24) is 4.90 Å². The van der Waals surface area contributed by atoms with E-state index in [4.69, 9.17) is 4.74 Å². The Morgan fingerprint density at radius 1 is 1.15 bits per heavy atom. The Balaban J connectivity index is 0.000000189. The zero-order chi connectivity index (χ0) is 19.5.